The number of aliphatic hydroxyl groups is 2. The largest absolute Gasteiger partial charge is 0.394 e. The van der Waals surface area contributed by atoms with Crippen LogP contribution in [0.2, 0.25) is 0 Å². The fraction of sp³-hybridized carbons (Fsp3) is 0.556. The highest BCUT2D eigenvalue weighted by Gasteiger charge is 2.35. The van der Waals surface area contributed by atoms with Crippen molar-refractivity contribution in [3.63, 3.8) is 0 Å². The van der Waals surface area contributed by atoms with Gasteiger partial charge in [0.15, 0.2) is 6.23 Å². The van der Waals surface area contributed by atoms with Crippen LogP contribution >= 0.6 is 0 Å². The summed E-state index contributed by atoms with van der Waals surface area (Å²) in [6.07, 6.45) is -0.706. The zero-order chi connectivity index (χ0) is 11.7. The van der Waals surface area contributed by atoms with Crippen molar-refractivity contribution in [3.05, 3.63) is 33.1 Å². The maximum Gasteiger partial charge on any atom is 0.330 e. The summed E-state index contributed by atoms with van der Waals surface area (Å²) in [6, 6.07) is 1.17. The van der Waals surface area contributed by atoms with E-state index in [4.69, 9.17) is 9.84 Å². The molecule has 0 aliphatic carbocycles. The van der Waals surface area contributed by atoms with E-state index in [1.54, 1.807) is 0 Å². The SMILES string of the molecule is O=c1ccn([C@@H]2O[C@@H](CO)C[C@H]2O)c(=O)[nH]1. The summed E-state index contributed by atoms with van der Waals surface area (Å²) >= 11 is 0. The van der Waals surface area contributed by atoms with Crippen LogP contribution in [0, 0.1) is 0 Å². The second-order valence-corrected chi connectivity index (χ2v) is 3.65. The first-order valence-corrected chi connectivity index (χ1v) is 4.87. The molecule has 1 aliphatic heterocycles. The normalized spacial score (nSPS) is 29.5. The molecule has 2 rings (SSSR count). The van der Waals surface area contributed by atoms with Gasteiger partial charge in [0, 0.05) is 18.7 Å². The van der Waals surface area contributed by atoms with Gasteiger partial charge in [-0.15, -0.1) is 0 Å². The van der Waals surface area contributed by atoms with E-state index in [-0.39, 0.29) is 13.0 Å². The van der Waals surface area contributed by atoms with Gasteiger partial charge < -0.3 is 14.9 Å². The minimum absolute atomic E-state index is 0.217. The summed E-state index contributed by atoms with van der Waals surface area (Å²) in [5.74, 6) is 0. The molecule has 0 aromatic carbocycles. The molecule has 0 radical (unpaired) electrons. The Balaban J connectivity index is 2.31. The van der Waals surface area contributed by atoms with Crippen LogP contribution < -0.4 is 11.2 Å². The minimum Gasteiger partial charge on any atom is -0.394 e. The number of rotatable bonds is 2. The monoisotopic (exact) mass is 228 g/mol. The smallest absolute Gasteiger partial charge is 0.330 e. The third-order valence-corrected chi connectivity index (χ3v) is 2.49. The number of aliphatic hydroxyl groups excluding tert-OH is 2. The molecular weight excluding hydrogens is 216 g/mol. The molecular formula is C9H12N2O5. The number of aromatic nitrogens is 2. The van der Waals surface area contributed by atoms with Crippen molar-refractivity contribution < 1.29 is 14.9 Å². The van der Waals surface area contributed by atoms with E-state index >= 15 is 0 Å². The van der Waals surface area contributed by atoms with Crippen molar-refractivity contribution in [3.8, 4) is 0 Å². The third-order valence-electron chi connectivity index (χ3n) is 2.49. The molecule has 1 aromatic rings. The lowest BCUT2D eigenvalue weighted by atomic mass is 10.2. The maximum atomic E-state index is 11.4. The lowest BCUT2D eigenvalue weighted by molar-refractivity contribution is -0.0530. The summed E-state index contributed by atoms with van der Waals surface area (Å²) in [5, 5.41) is 18.5. The Morgan fingerprint density at radius 3 is 2.88 bits per heavy atom. The first kappa shape index (κ1) is 11.1. The van der Waals surface area contributed by atoms with Gasteiger partial charge in [-0.05, 0) is 0 Å². The topological polar surface area (TPSA) is 105 Å². The molecule has 0 spiro atoms. The molecule has 3 atom stereocenters. The molecule has 88 valence electrons. The van der Waals surface area contributed by atoms with Crippen LogP contribution in [0.3, 0.4) is 0 Å². The molecule has 2 heterocycles. The van der Waals surface area contributed by atoms with E-state index in [1.807, 2.05) is 0 Å². The Morgan fingerprint density at radius 2 is 2.31 bits per heavy atom. The second kappa shape index (κ2) is 4.20. The highest BCUT2D eigenvalue weighted by molar-refractivity contribution is 4.88. The van der Waals surface area contributed by atoms with Gasteiger partial charge in [0.05, 0.1) is 12.7 Å². The third kappa shape index (κ3) is 1.92. The highest BCUT2D eigenvalue weighted by atomic mass is 16.5. The predicted octanol–water partition coefficient (Wildman–Crippen LogP) is -1.82. The molecule has 3 N–H and O–H groups in total. The Hall–Kier alpha value is -1.44. The van der Waals surface area contributed by atoms with Crippen LogP contribution in [0.5, 0.6) is 0 Å². The molecule has 7 heteroatoms. The number of ether oxygens (including phenoxy) is 1. The quantitative estimate of drug-likeness (QED) is 0.552. The lowest BCUT2D eigenvalue weighted by Crippen LogP contribution is -2.34. The van der Waals surface area contributed by atoms with Crippen molar-refractivity contribution >= 4 is 0 Å². The zero-order valence-electron chi connectivity index (χ0n) is 8.37. The molecule has 0 amide bonds. The van der Waals surface area contributed by atoms with Crippen LogP contribution in [0.4, 0.5) is 0 Å². The molecule has 7 nitrogen and oxygen atoms in total. The van der Waals surface area contributed by atoms with E-state index in [2.05, 4.69) is 4.98 Å². The molecule has 16 heavy (non-hydrogen) atoms. The van der Waals surface area contributed by atoms with E-state index in [0.717, 1.165) is 4.57 Å². The highest BCUT2D eigenvalue weighted by Crippen LogP contribution is 2.26. The van der Waals surface area contributed by atoms with Crippen LogP contribution in [-0.2, 0) is 4.74 Å². The van der Waals surface area contributed by atoms with Gasteiger partial charge in [-0.3, -0.25) is 14.3 Å². The number of aromatic amines is 1. The van der Waals surface area contributed by atoms with Gasteiger partial charge >= 0.3 is 5.69 Å². The van der Waals surface area contributed by atoms with E-state index in [9.17, 15) is 14.7 Å². The molecule has 0 unspecified atom stereocenters. The summed E-state index contributed by atoms with van der Waals surface area (Å²) in [5.41, 5.74) is -1.15. The maximum absolute atomic E-state index is 11.4. The Morgan fingerprint density at radius 1 is 1.56 bits per heavy atom. The van der Waals surface area contributed by atoms with E-state index in [0.29, 0.717) is 0 Å². The van der Waals surface area contributed by atoms with Gasteiger partial charge in [0.25, 0.3) is 5.56 Å². The zero-order valence-corrected chi connectivity index (χ0v) is 8.37. The van der Waals surface area contributed by atoms with Crippen LogP contribution in [-0.4, -0.2) is 38.6 Å². The first-order valence-electron chi connectivity index (χ1n) is 4.87. The Kier molecular flexibility index (Phi) is 2.90. The van der Waals surface area contributed by atoms with Crippen molar-refractivity contribution in [1.29, 1.82) is 0 Å². The van der Waals surface area contributed by atoms with Gasteiger partial charge in [-0.2, -0.15) is 0 Å². The van der Waals surface area contributed by atoms with E-state index in [1.165, 1.54) is 12.3 Å². The summed E-state index contributed by atoms with van der Waals surface area (Å²) in [7, 11) is 0. The molecule has 1 aliphatic rings. The fourth-order valence-electron chi connectivity index (χ4n) is 1.73. The average molecular weight is 228 g/mol. The van der Waals surface area contributed by atoms with Crippen molar-refractivity contribution in [2.75, 3.05) is 6.61 Å². The average Bonchev–Trinajstić information content (AvgIpc) is 2.60. The Bertz CT molecular complexity index is 479. The number of nitrogens with zero attached hydrogens (tertiary/aromatic N) is 1. The first-order chi connectivity index (χ1) is 7.61. The fourth-order valence-corrected chi connectivity index (χ4v) is 1.73. The molecule has 1 fully saturated rings. The predicted molar refractivity (Wildman–Crippen MR) is 52.9 cm³/mol. The van der Waals surface area contributed by atoms with Gasteiger partial charge in [-0.25, -0.2) is 4.79 Å². The van der Waals surface area contributed by atoms with Crippen LogP contribution in [0.25, 0.3) is 0 Å². The number of hydrogen-bond donors (Lipinski definition) is 3. The second-order valence-electron chi connectivity index (χ2n) is 3.65. The number of nitrogens with one attached hydrogen (secondary N) is 1. The minimum atomic E-state index is -0.874. The summed E-state index contributed by atoms with van der Waals surface area (Å²) in [4.78, 5) is 24.3. The number of H-pyrrole nitrogens is 1. The van der Waals surface area contributed by atoms with E-state index < -0.39 is 29.7 Å². The molecule has 1 aromatic heterocycles. The van der Waals surface area contributed by atoms with Gasteiger partial charge in [0.2, 0.25) is 0 Å². The number of hydrogen-bond acceptors (Lipinski definition) is 5. The molecule has 0 bridgehead atoms. The van der Waals surface area contributed by atoms with Crippen molar-refractivity contribution in [1.82, 2.24) is 9.55 Å². The van der Waals surface area contributed by atoms with Crippen molar-refractivity contribution in [2.24, 2.45) is 0 Å². The summed E-state index contributed by atoms with van der Waals surface area (Å²) < 4.78 is 6.37. The summed E-state index contributed by atoms with van der Waals surface area (Å²) in [6.45, 7) is -0.217. The van der Waals surface area contributed by atoms with Crippen LogP contribution in [0.1, 0.15) is 12.6 Å². The molecule has 0 saturated carbocycles. The van der Waals surface area contributed by atoms with Gasteiger partial charge in [0.1, 0.15) is 6.10 Å². The van der Waals surface area contributed by atoms with Gasteiger partial charge in [-0.1, -0.05) is 0 Å². The molecule has 1 saturated heterocycles. The van der Waals surface area contributed by atoms with Crippen molar-refractivity contribution in [2.45, 2.75) is 24.9 Å². The lowest BCUT2D eigenvalue weighted by Gasteiger charge is -2.16. The Labute approximate surface area is 89.9 Å². The van der Waals surface area contributed by atoms with Crippen LogP contribution in [0.15, 0.2) is 21.9 Å². The standard InChI is InChI=1S/C9H12N2O5/c12-4-5-3-6(13)8(16-5)11-2-1-7(14)10-9(11)15/h1-2,5-6,8,12-13H,3-4H2,(H,10,14,15)/t5-,6-,8-/m1/s1.